The van der Waals surface area contributed by atoms with E-state index < -0.39 is 0 Å². The van der Waals surface area contributed by atoms with Gasteiger partial charge < -0.3 is 4.42 Å². The Labute approximate surface area is 102 Å². The van der Waals surface area contributed by atoms with E-state index in [9.17, 15) is 4.79 Å². The molecule has 0 saturated heterocycles. The average Bonchev–Trinajstić information content (AvgIpc) is 2.74. The smallest absolute Gasteiger partial charge is 0.160 e. The van der Waals surface area contributed by atoms with Crippen LogP contribution in [0.2, 0.25) is 0 Å². The van der Waals surface area contributed by atoms with Gasteiger partial charge in [0.05, 0.1) is 6.26 Å². The molecule has 0 radical (unpaired) electrons. The van der Waals surface area contributed by atoms with Gasteiger partial charge in [-0.15, -0.1) is 0 Å². The van der Waals surface area contributed by atoms with Gasteiger partial charge in [0.2, 0.25) is 0 Å². The molecule has 0 atom stereocenters. The highest BCUT2D eigenvalue weighted by molar-refractivity contribution is 9.10. The van der Waals surface area contributed by atoms with Crippen molar-refractivity contribution in [3.8, 4) is 11.3 Å². The molecule has 0 saturated carbocycles. The van der Waals surface area contributed by atoms with Crippen LogP contribution in [-0.4, -0.2) is 5.78 Å². The van der Waals surface area contributed by atoms with E-state index >= 15 is 0 Å². The third-order valence-electron chi connectivity index (χ3n) is 2.46. The fourth-order valence-corrected chi connectivity index (χ4v) is 1.95. The second-order valence-corrected chi connectivity index (χ2v) is 4.53. The molecule has 16 heavy (non-hydrogen) atoms. The molecule has 1 aromatic carbocycles. The maximum absolute atomic E-state index is 11.6. The topological polar surface area (TPSA) is 30.2 Å². The number of hydrogen-bond acceptors (Lipinski definition) is 2. The second kappa shape index (κ2) is 4.26. The van der Waals surface area contributed by atoms with E-state index in [1.54, 1.807) is 13.2 Å². The molecule has 0 aliphatic heterocycles. The number of halogens is 1. The Balaban J connectivity index is 2.68. The summed E-state index contributed by atoms with van der Waals surface area (Å²) in [5.74, 6) is 0.757. The van der Waals surface area contributed by atoms with Crippen molar-refractivity contribution in [2.45, 2.75) is 13.8 Å². The van der Waals surface area contributed by atoms with Crippen LogP contribution in [0.15, 0.2) is 39.4 Å². The second-order valence-electron chi connectivity index (χ2n) is 3.68. The maximum atomic E-state index is 11.6. The van der Waals surface area contributed by atoms with E-state index in [-0.39, 0.29) is 5.78 Å². The fourth-order valence-electron chi connectivity index (χ4n) is 1.61. The Morgan fingerprint density at radius 2 is 2.12 bits per heavy atom. The molecular weight excluding hydrogens is 268 g/mol. The van der Waals surface area contributed by atoms with Gasteiger partial charge in [-0.25, -0.2) is 0 Å². The Bertz CT molecular complexity index is 527. The fraction of sp³-hybridized carbons (Fsp3) is 0.154. The predicted octanol–water partition coefficient (Wildman–Crippen LogP) is 4.22. The van der Waals surface area contributed by atoms with Crippen LogP contribution >= 0.6 is 15.9 Å². The summed E-state index contributed by atoms with van der Waals surface area (Å²) in [6.07, 6.45) is 1.61. The molecule has 2 nitrogen and oxygen atoms in total. The quantitative estimate of drug-likeness (QED) is 0.770. The number of ketones is 1. The molecule has 2 aromatic rings. The number of hydrogen-bond donors (Lipinski definition) is 0. The summed E-state index contributed by atoms with van der Waals surface area (Å²) in [4.78, 5) is 11.6. The SMILES string of the molecule is CC(=O)c1cc(Br)c(C)cc1-c1ccco1. The van der Waals surface area contributed by atoms with Crippen LogP contribution < -0.4 is 0 Å². The van der Waals surface area contributed by atoms with Crippen LogP contribution in [0.25, 0.3) is 11.3 Å². The first kappa shape index (κ1) is 11.1. The highest BCUT2D eigenvalue weighted by Gasteiger charge is 2.13. The van der Waals surface area contributed by atoms with Gasteiger partial charge in [-0.3, -0.25) is 4.79 Å². The lowest BCUT2D eigenvalue weighted by molar-refractivity contribution is 0.101. The minimum Gasteiger partial charge on any atom is -0.464 e. The van der Waals surface area contributed by atoms with Crippen LogP contribution in [0.5, 0.6) is 0 Å². The van der Waals surface area contributed by atoms with Crippen molar-refractivity contribution in [2.24, 2.45) is 0 Å². The normalized spacial score (nSPS) is 10.4. The summed E-state index contributed by atoms with van der Waals surface area (Å²) < 4.78 is 6.28. The Hall–Kier alpha value is -1.35. The largest absolute Gasteiger partial charge is 0.464 e. The Morgan fingerprint density at radius 3 is 2.69 bits per heavy atom. The molecular formula is C13H11BrO2. The molecule has 0 unspecified atom stereocenters. The van der Waals surface area contributed by atoms with Crippen molar-refractivity contribution in [1.82, 2.24) is 0 Å². The number of rotatable bonds is 2. The van der Waals surface area contributed by atoms with Gasteiger partial charge in [0.1, 0.15) is 5.76 Å². The molecule has 1 heterocycles. The first-order valence-electron chi connectivity index (χ1n) is 4.94. The Kier molecular flexibility index (Phi) is 2.97. The minimum absolute atomic E-state index is 0.0344. The number of carbonyl (C=O) groups is 1. The zero-order valence-electron chi connectivity index (χ0n) is 9.08. The standard InChI is InChI=1S/C13H11BrO2/c1-8-6-11(13-4-3-5-16-13)10(9(2)15)7-12(8)14/h3-7H,1-2H3. The zero-order chi connectivity index (χ0) is 11.7. The van der Waals surface area contributed by atoms with E-state index in [2.05, 4.69) is 15.9 Å². The van der Waals surface area contributed by atoms with Gasteiger partial charge >= 0.3 is 0 Å². The van der Waals surface area contributed by atoms with Gasteiger partial charge in [0.15, 0.2) is 5.78 Å². The molecule has 0 aliphatic rings. The van der Waals surface area contributed by atoms with E-state index in [1.807, 2.05) is 31.2 Å². The van der Waals surface area contributed by atoms with Crippen molar-refractivity contribution >= 4 is 21.7 Å². The van der Waals surface area contributed by atoms with Crippen LogP contribution in [-0.2, 0) is 0 Å². The van der Waals surface area contributed by atoms with Gasteiger partial charge in [-0.05, 0) is 43.7 Å². The summed E-state index contributed by atoms with van der Waals surface area (Å²) in [6.45, 7) is 3.55. The lowest BCUT2D eigenvalue weighted by atomic mass is 10.00. The van der Waals surface area contributed by atoms with Crippen molar-refractivity contribution < 1.29 is 9.21 Å². The Morgan fingerprint density at radius 1 is 1.38 bits per heavy atom. The first-order chi connectivity index (χ1) is 7.59. The minimum atomic E-state index is 0.0344. The third-order valence-corrected chi connectivity index (χ3v) is 3.32. The molecule has 0 amide bonds. The highest BCUT2D eigenvalue weighted by Crippen LogP contribution is 2.30. The van der Waals surface area contributed by atoms with Gasteiger partial charge in [0.25, 0.3) is 0 Å². The predicted molar refractivity (Wildman–Crippen MR) is 66.6 cm³/mol. The number of carbonyl (C=O) groups excluding carboxylic acids is 1. The van der Waals surface area contributed by atoms with E-state index in [4.69, 9.17) is 4.42 Å². The molecule has 0 aliphatic carbocycles. The first-order valence-corrected chi connectivity index (χ1v) is 5.74. The summed E-state index contributed by atoms with van der Waals surface area (Å²) in [5.41, 5.74) is 2.60. The summed E-state index contributed by atoms with van der Waals surface area (Å²) in [5, 5.41) is 0. The molecule has 0 bridgehead atoms. The average molecular weight is 279 g/mol. The van der Waals surface area contributed by atoms with Crippen molar-refractivity contribution in [3.63, 3.8) is 0 Å². The summed E-state index contributed by atoms with van der Waals surface area (Å²) >= 11 is 3.43. The van der Waals surface area contributed by atoms with Crippen molar-refractivity contribution in [1.29, 1.82) is 0 Å². The zero-order valence-corrected chi connectivity index (χ0v) is 10.7. The summed E-state index contributed by atoms with van der Waals surface area (Å²) in [7, 11) is 0. The molecule has 2 rings (SSSR count). The number of furan rings is 1. The number of Topliss-reactive ketones (excluding diaryl/α,β-unsaturated/α-hetero) is 1. The number of aryl methyl sites for hydroxylation is 1. The maximum Gasteiger partial charge on any atom is 0.160 e. The van der Waals surface area contributed by atoms with Gasteiger partial charge in [0, 0.05) is 15.6 Å². The van der Waals surface area contributed by atoms with Crippen LogP contribution in [0.3, 0.4) is 0 Å². The van der Waals surface area contributed by atoms with Crippen LogP contribution in [0.4, 0.5) is 0 Å². The summed E-state index contributed by atoms with van der Waals surface area (Å²) in [6, 6.07) is 7.47. The molecule has 1 aromatic heterocycles. The van der Waals surface area contributed by atoms with Crippen LogP contribution in [0, 0.1) is 6.92 Å². The third kappa shape index (κ3) is 1.95. The molecule has 0 N–H and O–H groups in total. The molecule has 0 spiro atoms. The monoisotopic (exact) mass is 278 g/mol. The van der Waals surface area contributed by atoms with Crippen molar-refractivity contribution in [3.05, 3.63) is 46.1 Å². The molecule has 3 heteroatoms. The molecule has 0 fully saturated rings. The molecule has 82 valence electrons. The lowest BCUT2D eigenvalue weighted by Gasteiger charge is -2.07. The highest BCUT2D eigenvalue weighted by atomic mass is 79.9. The van der Waals surface area contributed by atoms with E-state index in [1.165, 1.54) is 0 Å². The number of benzene rings is 1. The lowest BCUT2D eigenvalue weighted by Crippen LogP contribution is -1.97. The van der Waals surface area contributed by atoms with E-state index in [0.29, 0.717) is 5.56 Å². The van der Waals surface area contributed by atoms with Crippen LogP contribution in [0.1, 0.15) is 22.8 Å². The van der Waals surface area contributed by atoms with Gasteiger partial charge in [-0.1, -0.05) is 15.9 Å². The van der Waals surface area contributed by atoms with Crippen molar-refractivity contribution in [2.75, 3.05) is 0 Å². The van der Waals surface area contributed by atoms with Gasteiger partial charge in [-0.2, -0.15) is 0 Å². The van der Waals surface area contributed by atoms with E-state index in [0.717, 1.165) is 21.4 Å².